The number of aliphatic carboxylic acids is 2. The first kappa shape index (κ1) is 71.8. The average Bonchev–Trinajstić information content (AvgIpc) is 3.39. The maximum absolute atomic E-state index is 14.2. The van der Waals surface area contributed by atoms with Crippen molar-refractivity contribution in [3.8, 4) is 0 Å². The fourth-order valence-corrected chi connectivity index (χ4v) is 7.69. The average molecular weight is 1170 g/mol. The number of thioether (sulfide) groups is 1. The second kappa shape index (κ2) is 40.9. The van der Waals surface area contributed by atoms with Crippen LogP contribution in [0.3, 0.4) is 0 Å². The van der Waals surface area contributed by atoms with E-state index in [0.29, 0.717) is 19.3 Å². The van der Waals surface area contributed by atoms with Crippen LogP contribution in [0.5, 0.6) is 0 Å². The molecule has 0 aromatic heterocycles. The first-order valence-corrected chi connectivity index (χ1v) is 27.5. The Morgan fingerprint density at radius 1 is 0.513 bits per heavy atom. The van der Waals surface area contributed by atoms with Crippen molar-refractivity contribution in [2.45, 2.75) is 138 Å². The zero-order chi connectivity index (χ0) is 59.3. The molecule has 0 heterocycles. The highest BCUT2D eigenvalue weighted by Gasteiger charge is 2.34. The lowest BCUT2D eigenvalue weighted by Gasteiger charge is -2.27. The van der Waals surface area contributed by atoms with Crippen LogP contribution < -0.4 is 82.3 Å². The van der Waals surface area contributed by atoms with Gasteiger partial charge in [-0.3, -0.25) is 57.7 Å². The third-order valence-corrected chi connectivity index (χ3v) is 12.6. The molecule has 0 unspecified atom stereocenters. The van der Waals surface area contributed by atoms with Gasteiger partial charge >= 0.3 is 11.9 Å². The SMILES string of the molecule is CSCC[C@H](NC(=O)[C@H](CCC(=O)O)NC(=O)[C@H](CCCCN)NC(=O)[C@H](CCCN=C(N)N)NC(=O)[C@H](CS)NC(=O)[C@H](CCCCN)NC(=O)[C@H](CO)NC(=O)[C@@H](N)CS)C(=O)NCC(=O)N[C@@H](CCC(N)=O)C(=O)O. The number of carboxylic acids is 2. The second-order valence-corrected chi connectivity index (χ2v) is 19.2. The van der Waals surface area contributed by atoms with E-state index in [1.165, 1.54) is 11.8 Å². The molecule has 0 aliphatic heterocycles. The number of carbonyl (C=O) groups is 12. The largest absolute Gasteiger partial charge is 0.481 e. The van der Waals surface area contributed by atoms with Crippen LogP contribution >= 0.6 is 37.0 Å². The smallest absolute Gasteiger partial charge is 0.326 e. The monoisotopic (exact) mass is 1170 g/mol. The normalized spacial score (nSPS) is 14.3. The molecule has 78 heavy (non-hydrogen) atoms. The van der Waals surface area contributed by atoms with Gasteiger partial charge in [0.05, 0.1) is 19.2 Å². The van der Waals surface area contributed by atoms with Crippen molar-refractivity contribution in [3.63, 3.8) is 0 Å². The van der Waals surface area contributed by atoms with Crippen molar-refractivity contribution in [2.24, 2.45) is 39.4 Å². The number of unbranched alkanes of at least 4 members (excludes halogenated alkanes) is 2. The summed E-state index contributed by atoms with van der Waals surface area (Å²) in [5.41, 5.74) is 33.0. The molecule has 0 aliphatic carbocycles. The van der Waals surface area contributed by atoms with E-state index in [-0.39, 0.29) is 94.2 Å². The molecule has 31 nitrogen and oxygen atoms in total. The molecule has 0 aliphatic rings. The van der Waals surface area contributed by atoms with E-state index in [0.717, 1.165) is 0 Å². The Morgan fingerprint density at radius 2 is 0.936 bits per heavy atom. The zero-order valence-electron chi connectivity index (χ0n) is 43.5. The fraction of sp³-hybridized carbons (Fsp3) is 0.705. The van der Waals surface area contributed by atoms with E-state index in [1.54, 1.807) is 6.26 Å². The summed E-state index contributed by atoms with van der Waals surface area (Å²) in [4.78, 5) is 160. The number of primary amides is 1. The van der Waals surface area contributed by atoms with E-state index < -0.39 is 151 Å². The molecule has 24 N–H and O–H groups in total. The van der Waals surface area contributed by atoms with E-state index in [2.05, 4.69) is 78.1 Å². The van der Waals surface area contributed by atoms with Crippen LogP contribution in [0.2, 0.25) is 0 Å². The molecule has 0 aromatic carbocycles. The van der Waals surface area contributed by atoms with Crippen molar-refractivity contribution in [3.05, 3.63) is 0 Å². The molecular weight excluding hydrogens is 1090 g/mol. The standard InChI is InChI=1S/C44H80N16O15S3/c1-78-18-14-28(36(67)52-19-33(63)53-29(43(74)75)10-12-32(48)62)58-40(71)27(11-13-34(64)65)57-37(68)24(7-2-4-15-45)54-38(69)26(9-6-17-51-44(49)50)56-42(73)31(22-77)60-39(70)25(8-3-5-16-46)55-41(72)30(20-61)59-35(66)23(47)21-76/h23-31,61,76-77H,2-22,45-47H2,1H3,(H2,48,62)(H,52,67)(H,53,63)(H,54,69)(H,55,72)(H,56,73)(H,57,68)(H,58,71)(H,59,66)(H,60,70)(H,64,65)(H,74,75)(H4,49,50,51)/t23-,24-,25-,26-,27-,28-,29-,30-,31-/m0/s1. The summed E-state index contributed by atoms with van der Waals surface area (Å²) in [6.07, 6.45) is 0.934. The number of nitrogens with one attached hydrogen (secondary N) is 9. The van der Waals surface area contributed by atoms with E-state index in [4.69, 9.17) is 34.4 Å². The second-order valence-electron chi connectivity index (χ2n) is 17.5. The van der Waals surface area contributed by atoms with Gasteiger partial charge < -0.3 is 97.6 Å². The molecule has 0 radical (unpaired) electrons. The Labute approximate surface area is 466 Å². The van der Waals surface area contributed by atoms with Crippen LogP contribution in [-0.4, -0.2) is 203 Å². The molecule has 0 aromatic rings. The lowest BCUT2D eigenvalue weighted by molar-refractivity contribution is -0.142. The van der Waals surface area contributed by atoms with Gasteiger partial charge in [-0.2, -0.15) is 37.0 Å². The number of carboxylic acid groups (broad SMARTS) is 2. The maximum Gasteiger partial charge on any atom is 0.326 e. The zero-order valence-corrected chi connectivity index (χ0v) is 46.1. The van der Waals surface area contributed by atoms with Gasteiger partial charge in [0.2, 0.25) is 59.1 Å². The Morgan fingerprint density at radius 3 is 1.35 bits per heavy atom. The molecule has 10 amide bonds. The number of hydrogen-bond acceptors (Lipinski definition) is 20. The Kier molecular flexibility index (Phi) is 37.7. The van der Waals surface area contributed by atoms with Gasteiger partial charge in [0.25, 0.3) is 0 Å². The minimum Gasteiger partial charge on any atom is -0.481 e. The van der Waals surface area contributed by atoms with Crippen LogP contribution in [0.1, 0.15) is 83.5 Å². The molecule has 0 spiro atoms. The lowest BCUT2D eigenvalue weighted by Crippen LogP contribution is -2.61. The highest BCUT2D eigenvalue weighted by Crippen LogP contribution is 2.10. The van der Waals surface area contributed by atoms with Gasteiger partial charge in [0, 0.05) is 30.9 Å². The minimum atomic E-state index is -1.64. The minimum absolute atomic E-state index is 0.00517. The molecule has 0 saturated carbocycles. The summed E-state index contributed by atoms with van der Waals surface area (Å²) >= 11 is 9.46. The summed E-state index contributed by atoms with van der Waals surface area (Å²) < 4.78 is 0. The number of thiol groups is 2. The number of rotatable bonds is 43. The molecule has 0 saturated heterocycles. The first-order valence-electron chi connectivity index (χ1n) is 24.8. The van der Waals surface area contributed by atoms with Gasteiger partial charge in [-0.15, -0.1) is 0 Å². The first-order chi connectivity index (χ1) is 36.9. The Hall–Kier alpha value is -6.20. The Balaban J connectivity index is 6.69. The van der Waals surface area contributed by atoms with Gasteiger partial charge in [0.15, 0.2) is 5.96 Å². The van der Waals surface area contributed by atoms with Crippen LogP contribution in [0, 0.1) is 0 Å². The maximum atomic E-state index is 14.2. The summed E-state index contributed by atoms with van der Waals surface area (Å²) in [7, 11) is 0. The molecule has 9 atom stereocenters. The van der Waals surface area contributed by atoms with Crippen molar-refractivity contribution in [1.29, 1.82) is 0 Å². The quantitative estimate of drug-likeness (QED) is 0.0117. The van der Waals surface area contributed by atoms with Crippen molar-refractivity contribution in [1.82, 2.24) is 47.9 Å². The van der Waals surface area contributed by atoms with Gasteiger partial charge in [-0.25, -0.2) is 4.79 Å². The lowest BCUT2D eigenvalue weighted by atomic mass is 10.0. The van der Waals surface area contributed by atoms with Crippen LogP contribution in [0.4, 0.5) is 0 Å². The van der Waals surface area contributed by atoms with Gasteiger partial charge in [-0.1, -0.05) is 0 Å². The number of aliphatic imine (C=N–C) groups is 1. The summed E-state index contributed by atoms with van der Waals surface area (Å²) in [6, 6.07) is -12.9. The third kappa shape index (κ3) is 30.7. The Bertz CT molecular complexity index is 2030. The third-order valence-electron chi connectivity index (χ3n) is 11.2. The molecule has 0 fully saturated rings. The van der Waals surface area contributed by atoms with Crippen molar-refractivity contribution < 1.29 is 72.9 Å². The predicted molar refractivity (Wildman–Crippen MR) is 293 cm³/mol. The number of amides is 10. The van der Waals surface area contributed by atoms with Crippen LogP contribution in [-0.2, 0) is 57.5 Å². The number of nitrogens with zero attached hydrogens (tertiary/aromatic N) is 1. The molecule has 0 bridgehead atoms. The van der Waals surface area contributed by atoms with Crippen LogP contribution in [0.15, 0.2) is 4.99 Å². The van der Waals surface area contributed by atoms with Gasteiger partial charge in [0.1, 0.15) is 48.3 Å². The molecule has 444 valence electrons. The number of aliphatic hydroxyl groups is 1. The highest BCUT2D eigenvalue weighted by atomic mass is 32.2. The van der Waals surface area contributed by atoms with Crippen molar-refractivity contribution in [2.75, 3.05) is 56.3 Å². The summed E-state index contributed by atoms with van der Waals surface area (Å²) in [5.74, 6) is -12.5. The fourth-order valence-electron chi connectivity index (χ4n) is 6.80. The predicted octanol–water partition coefficient (Wildman–Crippen LogP) is -7.56. The van der Waals surface area contributed by atoms with E-state index in [9.17, 15) is 72.9 Å². The topological polar surface area (TPSA) is 542 Å². The summed E-state index contributed by atoms with van der Waals surface area (Å²) in [5, 5.41) is 50.5. The number of aliphatic hydroxyl groups excluding tert-OH is 1. The number of hydrogen-bond donors (Lipinski definition) is 20. The number of nitrogens with two attached hydrogens (primary N) is 6. The van der Waals surface area contributed by atoms with E-state index in [1.807, 2.05) is 0 Å². The summed E-state index contributed by atoms with van der Waals surface area (Å²) in [6.45, 7) is -1.25. The number of carbonyl (C=O) groups excluding carboxylic acids is 10. The highest BCUT2D eigenvalue weighted by molar-refractivity contribution is 7.98. The van der Waals surface area contributed by atoms with Crippen LogP contribution in [0.25, 0.3) is 0 Å². The van der Waals surface area contributed by atoms with Crippen molar-refractivity contribution >= 4 is 114 Å². The number of guanidine groups is 1. The van der Waals surface area contributed by atoms with E-state index >= 15 is 0 Å². The van der Waals surface area contributed by atoms with Gasteiger partial charge in [-0.05, 0) is 95.7 Å². The molecule has 0 rings (SSSR count). The molecular formula is C44H80N16O15S3. The molecule has 34 heteroatoms.